The normalized spacial score (nSPS) is 21.1. The van der Waals surface area contributed by atoms with Crippen LogP contribution >= 0.6 is 22.6 Å². The van der Waals surface area contributed by atoms with E-state index >= 15 is 0 Å². The van der Waals surface area contributed by atoms with E-state index in [1.54, 1.807) is 0 Å². The minimum Gasteiger partial charge on any atom is -0.491 e. The van der Waals surface area contributed by atoms with Gasteiger partial charge in [-0.2, -0.15) is 0 Å². The van der Waals surface area contributed by atoms with Crippen LogP contribution < -0.4 is 4.74 Å². The van der Waals surface area contributed by atoms with Gasteiger partial charge in [0, 0.05) is 10.2 Å². The molecule has 1 aromatic rings. The molecule has 1 aliphatic heterocycles. The highest BCUT2D eigenvalue weighted by Crippen LogP contribution is 2.16. The van der Waals surface area contributed by atoms with Crippen molar-refractivity contribution in [3.05, 3.63) is 27.8 Å². The monoisotopic (exact) mass is 304 g/mol. The minimum absolute atomic E-state index is 0.300. The van der Waals surface area contributed by atoms with Gasteiger partial charge in [0.05, 0.1) is 6.10 Å². The van der Waals surface area contributed by atoms with E-state index in [4.69, 9.17) is 9.47 Å². The molecule has 0 N–H and O–H groups in total. The third kappa shape index (κ3) is 2.85. The van der Waals surface area contributed by atoms with Crippen molar-refractivity contribution >= 4 is 22.6 Å². The van der Waals surface area contributed by atoms with Gasteiger partial charge in [0.15, 0.2) is 0 Å². The van der Waals surface area contributed by atoms with Crippen LogP contribution in [0, 0.1) is 3.57 Å². The Morgan fingerprint density at radius 3 is 2.79 bits per heavy atom. The molecule has 1 unspecified atom stereocenters. The molecular weight excluding hydrogens is 291 g/mol. The van der Waals surface area contributed by atoms with Crippen LogP contribution in [-0.2, 0) is 4.74 Å². The lowest BCUT2D eigenvalue weighted by Gasteiger charge is -2.11. The van der Waals surface area contributed by atoms with Crippen molar-refractivity contribution in [2.45, 2.75) is 18.9 Å². The molecular formula is C11H13IO2. The predicted molar refractivity (Wildman–Crippen MR) is 63.6 cm³/mol. The summed E-state index contributed by atoms with van der Waals surface area (Å²) in [6.07, 6.45) is 2.60. The average Bonchev–Trinajstić information content (AvgIpc) is 2.70. The Kier molecular flexibility index (Phi) is 3.64. The summed E-state index contributed by atoms with van der Waals surface area (Å²) in [7, 11) is 0. The summed E-state index contributed by atoms with van der Waals surface area (Å²) in [4.78, 5) is 0. The van der Waals surface area contributed by atoms with Gasteiger partial charge in [0.2, 0.25) is 0 Å². The maximum Gasteiger partial charge on any atom is 0.119 e. The second-order valence-electron chi connectivity index (χ2n) is 3.40. The molecule has 0 saturated carbocycles. The Morgan fingerprint density at radius 1 is 1.36 bits per heavy atom. The third-order valence-electron chi connectivity index (χ3n) is 2.27. The highest BCUT2D eigenvalue weighted by atomic mass is 127. The van der Waals surface area contributed by atoms with Crippen LogP contribution in [0.4, 0.5) is 0 Å². The quantitative estimate of drug-likeness (QED) is 0.800. The number of ether oxygens (including phenoxy) is 2. The van der Waals surface area contributed by atoms with Crippen LogP contribution in [0.2, 0.25) is 0 Å². The van der Waals surface area contributed by atoms with Crippen molar-refractivity contribution in [3.8, 4) is 5.75 Å². The van der Waals surface area contributed by atoms with Gasteiger partial charge in [-0.1, -0.05) is 0 Å². The van der Waals surface area contributed by atoms with E-state index < -0.39 is 0 Å². The van der Waals surface area contributed by atoms with Gasteiger partial charge in [0.25, 0.3) is 0 Å². The van der Waals surface area contributed by atoms with E-state index in [-0.39, 0.29) is 0 Å². The number of rotatable bonds is 3. The smallest absolute Gasteiger partial charge is 0.119 e. The molecule has 0 aromatic heterocycles. The predicted octanol–water partition coefficient (Wildman–Crippen LogP) is 2.85. The zero-order valence-corrected chi connectivity index (χ0v) is 10.1. The maximum atomic E-state index is 5.62. The topological polar surface area (TPSA) is 18.5 Å². The molecule has 0 bridgehead atoms. The maximum absolute atomic E-state index is 5.62. The molecule has 2 nitrogen and oxygen atoms in total. The van der Waals surface area contributed by atoms with E-state index in [9.17, 15) is 0 Å². The lowest BCUT2D eigenvalue weighted by molar-refractivity contribution is 0.0679. The van der Waals surface area contributed by atoms with Crippen LogP contribution in [0.1, 0.15) is 12.8 Å². The van der Waals surface area contributed by atoms with Crippen molar-refractivity contribution in [2.24, 2.45) is 0 Å². The summed E-state index contributed by atoms with van der Waals surface area (Å²) in [5, 5.41) is 0. The Balaban J connectivity index is 1.82. The summed E-state index contributed by atoms with van der Waals surface area (Å²) >= 11 is 2.28. The van der Waals surface area contributed by atoms with Gasteiger partial charge in [-0.15, -0.1) is 0 Å². The molecule has 1 heterocycles. The van der Waals surface area contributed by atoms with E-state index in [2.05, 4.69) is 22.6 Å². The van der Waals surface area contributed by atoms with Gasteiger partial charge in [-0.25, -0.2) is 0 Å². The summed E-state index contributed by atoms with van der Waals surface area (Å²) in [6.45, 7) is 1.57. The molecule has 0 aliphatic carbocycles. The molecule has 0 spiro atoms. The third-order valence-corrected chi connectivity index (χ3v) is 2.99. The van der Waals surface area contributed by atoms with Crippen molar-refractivity contribution in [2.75, 3.05) is 13.2 Å². The lowest BCUT2D eigenvalue weighted by Crippen LogP contribution is -2.16. The summed E-state index contributed by atoms with van der Waals surface area (Å²) < 4.78 is 12.3. The Morgan fingerprint density at radius 2 is 2.14 bits per heavy atom. The second-order valence-corrected chi connectivity index (χ2v) is 4.65. The zero-order valence-electron chi connectivity index (χ0n) is 7.91. The fraction of sp³-hybridized carbons (Fsp3) is 0.455. The largest absolute Gasteiger partial charge is 0.491 e. The standard InChI is InChI=1S/C11H13IO2/c12-9-3-5-10(6-4-9)14-8-11-2-1-7-13-11/h3-6,11H,1-2,7-8H2. The van der Waals surface area contributed by atoms with Crippen LogP contribution in [0.25, 0.3) is 0 Å². The zero-order chi connectivity index (χ0) is 9.80. The first kappa shape index (κ1) is 10.2. The van der Waals surface area contributed by atoms with Crippen molar-refractivity contribution in [3.63, 3.8) is 0 Å². The van der Waals surface area contributed by atoms with Gasteiger partial charge in [-0.3, -0.25) is 0 Å². The Hall–Kier alpha value is -0.290. The molecule has 1 atom stereocenters. The molecule has 0 amide bonds. The molecule has 1 aromatic carbocycles. The molecule has 14 heavy (non-hydrogen) atoms. The van der Waals surface area contributed by atoms with Crippen molar-refractivity contribution in [1.29, 1.82) is 0 Å². The summed E-state index contributed by atoms with van der Waals surface area (Å²) in [5.74, 6) is 0.931. The Labute approximate surface area is 97.7 Å². The molecule has 1 aliphatic rings. The van der Waals surface area contributed by atoms with Gasteiger partial charge < -0.3 is 9.47 Å². The van der Waals surface area contributed by atoms with E-state index in [0.717, 1.165) is 18.8 Å². The first-order chi connectivity index (χ1) is 6.84. The molecule has 3 heteroatoms. The van der Waals surface area contributed by atoms with Crippen LogP contribution in [0.3, 0.4) is 0 Å². The fourth-order valence-corrected chi connectivity index (χ4v) is 1.86. The number of benzene rings is 1. The highest BCUT2D eigenvalue weighted by Gasteiger charge is 2.15. The second kappa shape index (κ2) is 4.98. The van der Waals surface area contributed by atoms with Crippen molar-refractivity contribution < 1.29 is 9.47 Å². The van der Waals surface area contributed by atoms with Crippen LogP contribution in [0.5, 0.6) is 5.75 Å². The number of halogens is 1. The fourth-order valence-electron chi connectivity index (χ4n) is 1.50. The first-order valence-corrected chi connectivity index (χ1v) is 5.92. The molecule has 1 saturated heterocycles. The molecule has 76 valence electrons. The lowest BCUT2D eigenvalue weighted by atomic mass is 10.2. The van der Waals surface area contributed by atoms with Gasteiger partial charge >= 0.3 is 0 Å². The molecule has 1 fully saturated rings. The van der Waals surface area contributed by atoms with Crippen LogP contribution in [-0.4, -0.2) is 19.3 Å². The number of hydrogen-bond donors (Lipinski definition) is 0. The van der Waals surface area contributed by atoms with E-state index in [0.29, 0.717) is 12.7 Å². The average molecular weight is 304 g/mol. The Bertz CT molecular complexity index is 278. The summed E-state index contributed by atoms with van der Waals surface area (Å²) in [6, 6.07) is 8.09. The van der Waals surface area contributed by atoms with Crippen molar-refractivity contribution in [1.82, 2.24) is 0 Å². The molecule has 2 rings (SSSR count). The minimum atomic E-state index is 0.300. The van der Waals surface area contributed by atoms with E-state index in [1.807, 2.05) is 24.3 Å². The SMILES string of the molecule is Ic1ccc(OCC2CCCO2)cc1. The van der Waals surface area contributed by atoms with E-state index in [1.165, 1.54) is 9.99 Å². The van der Waals surface area contributed by atoms with Gasteiger partial charge in [-0.05, 0) is 59.7 Å². The molecule has 0 radical (unpaired) electrons. The first-order valence-electron chi connectivity index (χ1n) is 4.84. The highest BCUT2D eigenvalue weighted by molar-refractivity contribution is 14.1. The van der Waals surface area contributed by atoms with Crippen LogP contribution in [0.15, 0.2) is 24.3 Å². The van der Waals surface area contributed by atoms with Gasteiger partial charge in [0.1, 0.15) is 12.4 Å². The summed E-state index contributed by atoms with van der Waals surface area (Å²) in [5.41, 5.74) is 0. The number of hydrogen-bond acceptors (Lipinski definition) is 2.